The van der Waals surface area contributed by atoms with Crippen molar-refractivity contribution in [1.82, 2.24) is 10.3 Å². The molecule has 1 aromatic rings. The lowest BCUT2D eigenvalue weighted by atomic mass is 9.94. The second-order valence-corrected chi connectivity index (χ2v) is 5.10. The number of rotatable bonds is 6. The monoisotopic (exact) mass is 265 g/mol. The van der Waals surface area contributed by atoms with Crippen LogP contribution in [0.1, 0.15) is 42.6 Å². The number of ether oxygens (including phenoxy) is 1. The summed E-state index contributed by atoms with van der Waals surface area (Å²) in [6.45, 7) is 1.34. The van der Waals surface area contributed by atoms with Crippen molar-refractivity contribution in [3.05, 3.63) is 24.0 Å². The molecule has 1 amide bonds. The van der Waals surface area contributed by atoms with E-state index in [0.29, 0.717) is 31.0 Å². The predicted octanol–water partition coefficient (Wildman–Crippen LogP) is 1.42. The molecule has 1 aliphatic carbocycles. The van der Waals surface area contributed by atoms with Crippen LogP contribution in [0.3, 0.4) is 0 Å². The van der Waals surface area contributed by atoms with Gasteiger partial charge in [0.2, 0.25) is 0 Å². The molecule has 0 atom stereocenters. The number of aromatic nitrogens is 1. The zero-order chi connectivity index (χ0) is 13.5. The minimum absolute atomic E-state index is 0.0614. The summed E-state index contributed by atoms with van der Waals surface area (Å²) in [5.74, 6) is -0.0614. The summed E-state index contributed by atoms with van der Waals surface area (Å²) < 4.78 is 5.79. The fraction of sp³-hybridized carbons (Fsp3) is 0.643. The minimum Gasteiger partial charge on any atom is -0.378 e. The SMILES string of the molecule is NC1CCC(OCCCNC(=O)c2ccc[nH]2)CC1. The molecule has 1 aliphatic rings. The van der Waals surface area contributed by atoms with E-state index in [2.05, 4.69) is 10.3 Å². The van der Waals surface area contributed by atoms with E-state index in [9.17, 15) is 4.79 Å². The van der Waals surface area contributed by atoms with Gasteiger partial charge in [-0.3, -0.25) is 4.79 Å². The van der Waals surface area contributed by atoms with E-state index in [4.69, 9.17) is 10.5 Å². The van der Waals surface area contributed by atoms with E-state index < -0.39 is 0 Å². The van der Waals surface area contributed by atoms with Gasteiger partial charge in [0.15, 0.2) is 0 Å². The number of amides is 1. The molecule has 1 fully saturated rings. The third-order valence-electron chi connectivity index (χ3n) is 3.52. The Hall–Kier alpha value is -1.33. The Morgan fingerprint density at radius 3 is 2.89 bits per heavy atom. The maximum Gasteiger partial charge on any atom is 0.267 e. The zero-order valence-corrected chi connectivity index (χ0v) is 11.2. The summed E-state index contributed by atoms with van der Waals surface area (Å²) >= 11 is 0. The number of nitrogens with two attached hydrogens (primary N) is 1. The zero-order valence-electron chi connectivity index (χ0n) is 11.2. The number of carbonyl (C=O) groups excluding carboxylic acids is 1. The van der Waals surface area contributed by atoms with E-state index in [0.717, 1.165) is 32.1 Å². The highest BCUT2D eigenvalue weighted by Gasteiger charge is 2.18. The average molecular weight is 265 g/mol. The van der Waals surface area contributed by atoms with Crippen LogP contribution < -0.4 is 11.1 Å². The lowest BCUT2D eigenvalue weighted by molar-refractivity contribution is 0.0241. The Kier molecular flexibility index (Phi) is 5.42. The molecule has 1 heterocycles. The van der Waals surface area contributed by atoms with E-state index in [-0.39, 0.29) is 5.91 Å². The fourth-order valence-electron chi connectivity index (χ4n) is 2.35. The van der Waals surface area contributed by atoms with Gasteiger partial charge in [0, 0.05) is 25.4 Å². The van der Waals surface area contributed by atoms with Crippen molar-refractivity contribution in [1.29, 1.82) is 0 Å². The normalized spacial score (nSPS) is 23.2. The van der Waals surface area contributed by atoms with Crippen molar-refractivity contribution in [2.45, 2.75) is 44.2 Å². The molecule has 1 aromatic heterocycles. The first-order valence-corrected chi connectivity index (χ1v) is 7.04. The van der Waals surface area contributed by atoms with Crippen LogP contribution >= 0.6 is 0 Å². The number of nitrogens with one attached hydrogen (secondary N) is 2. The standard InChI is InChI=1S/C14H23N3O2/c15-11-4-6-12(7-5-11)19-10-2-9-17-14(18)13-3-1-8-16-13/h1,3,8,11-12,16H,2,4-7,9-10,15H2,(H,17,18). The average Bonchev–Trinajstić information content (AvgIpc) is 2.94. The van der Waals surface area contributed by atoms with Crippen molar-refractivity contribution in [2.24, 2.45) is 5.73 Å². The Morgan fingerprint density at radius 2 is 2.21 bits per heavy atom. The summed E-state index contributed by atoms with van der Waals surface area (Å²) in [7, 11) is 0. The second-order valence-electron chi connectivity index (χ2n) is 5.10. The van der Waals surface area contributed by atoms with Gasteiger partial charge in [0.25, 0.3) is 5.91 Å². The topological polar surface area (TPSA) is 80.1 Å². The molecule has 106 valence electrons. The highest BCUT2D eigenvalue weighted by molar-refractivity contribution is 5.92. The van der Waals surface area contributed by atoms with Crippen LogP contribution in [0, 0.1) is 0 Å². The first-order chi connectivity index (χ1) is 9.25. The minimum atomic E-state index is -0.0614. The van der Waals surface area contributed by atoms with Gasteiger partial charge in [-0.05, 0) is 44.2 Å². The third kappa shape index (κ3) is 4.69. The molecular formula is C14H23N3O2. The van der Waals surface area contributed by atoms with Crippen molar-refractivity contribution in [3.8, 4) is 0 Å². The Labute approximate surface area is 113 Å². The first kappa shape index (κ1) is 14.1. The molecule has 0 aromatic carbocycles. The largest absolute Gasteiger partial charge is 0.378 e. The highest BCUT2D eigenvalue weighted by Crippen LogP contribution is 2.19. The Bertz CT molecular complexity index is 370. The number of hydrogen-bond acceptors (Lipinski definition) is 3. The molecule has 0 spiro atoms. The van der Waals surface area contributed by atoms with Crippen molar-refractivity contribution in [2.75, 3.05) is 13.2 Å². The van der Waals surface area contributed by atoms with Gasteiger partial charge < -0.3 is 20.8 Å². The lowest BCUT2D eigenvalue weighted by Gasteiger charge is -2.26. The lowest BCUT2D eigenvalue weighted by Crippen LogP contribution is -2.31. The maximum atomic E-state index is 11.6. The smallest absolute Gasteiger partial charge is 0.267 e. The van der Waals surface area contributed by atoms with Gasteiger partial charge in [0.1, 0.15) is 5.69 Å². The maximum absolute atomic E-state index is 11.6. The van der Waals surface area contributed by atoms with Gasteiger partial charge in [-0.1, -0.05) is 0 Å². The van der Waals surface area contributed by atoms with Crippen LogP contribution in [-0.4, -0.2) is 36.2 Å². The van der Waals surface area contributed by atoms with Crippen molar-refractivity contribution < 1.29 is 9.53 Å². The summed E-state index contributed by atoms with van der Waals surface area (Å²) in [6.07, 6.45) is 7.20. The Morgan fingerprint density at radius 1 is 1.42 bits per heavy atom. The van der Waals surface area contributed by atoms with Crippen molar-refractivity contribution in [3.63, 3.8) is 0 Å². The van der Waals surface area contributed by atoms with Gasteiger partial charge in [-0.2, -0.15) is 0 Å². The molecular weight excluding hydrogens is 242 g/mol. The quantitative estimate of drug-likeness (QED) is 0.680. The summed E-state index contributed by atoms with van der Waals surface area (Å²) in [6, 6.07) is 3.93. The van der Waals surface area contributed by atoms with Crippen molar-refractivity contribution >= 4 is 5.91 Å². The molecule has 0 radical (unpaired) electrons. The Balaban J connectivity index is 1.51. The first-order valence-electron chi connectivity index (χ1n) is 7.04. The van der Waals surface area contributed by atoms with E-state index >= 15 is 0 Å². The molecule has 2 rings (SSSR count). The highest BCUT2D eigenvalue weighted by atomic mass is 16.5. The van der Waals surface area contributed by atoms with E-state index in [1.807, 2.05) is 6.07 Å². The van der Waals surface area contributed by atoms with Crippen LogP contribution in [0.15, 0.2) is 18.3 Å². The number of H-pyrrole nitrogens is 1. The van der Waals surface area contributed by atoms with Crippen LogP contribution in [-0.2, 0) is 4.74 Å². The summed E-state index contributed by atoms with van der Waals surface area (Å²) in [5, 5.41) is 2.86. The van der Waals surface area contributed by atoms with E-state index in [1.54, 1.807) is 12.3 Å². The van der Waals surface area contributed by atoms with Crippen LogP contribution in [0.5, 0.6) is 0 Å². The molecule has 1 saturated carbocycles. The van der Waals surface area contributed by atoms with Gasteiger partial charge in [-0.15, -0.1) is 0 Å². The molecule has 19 heavy (non-hydrogen) atoms. The third-order valence-corrected chi connectivity index (χ3v) is 3.52. The molecule has 0 aliphatic heterocycles. The molecule has 0 unspecified atom stereocenters. The van der Waals surface area contributed by atoms with Crippen LogP contribution in [0.25, 0.3) is 0 Å². The molecule has 5 nitrogen and oxygen atoms in total. The summed E-state index contributed by atoms with van der Waals surface area (Å²) in [4.78, 5) is 14.5. The van der Waals surface area contributed by atoms with Crippen LogP contribution in [0.4, 0.5) is 0 Å². The second kappa shape index (κ2) is 7.31. The summed E-state index contributed by atoms with van der Waals surface area (Å²) in [5.41, 5.74) is 6.45. The van der Waals surface area contributed by atoms with Gasteiger partial charge in [-0.25, -0.2) is 0 Å². The fourth-order valence-corrected chi connectivity index (χ4v) is 2.35. The number of hydrogen-bond donors (Lipinski definition) is 3. The van der Waals surface area contributed by atoms with Crippen LogP contribution in [0.2, 0.25) is 0 Å². The molecule has 5 heteroatoms. The molecule has 0 saturated heterocycles. The molecule has 0 bridgehead atoms. The molecule has 4 N–H and O–H groups in total. The van der Waals surface area contributed by atoms with Gasteiger partial charge >= 0.3 is 0 Å². The number of aromatic amines is 1. The van der Waals surface area contributed by atoms with E-state index in [1.165, 1.54) is 0 Å². The number of carbonyl (C=O) groups is 1. The predicted molar refractivity (Wildman–Crippen MR) is 73.9 cm³/mol. The van der Waals surface area contributed by atoms with Gasteiger partial charge in [0.05, 0.1) is 6.10 Å².